The third kappa shape index (κ3) is 4.50. The van der Waals surface area contributed by atoms with Crippen LogP contribution in [0.1, 0.15) is 5.56 Å². The van der Waals surface area contributed by atoms with Crippen molar-refractivity contribution in [3.63, 3.8) is 0 Å². The molecular formula is C17H20F3N3OS. The van der Waals surface area contributed by atoms with Gasteiger partial charge in [-0.3, -0.25) is 9.69 Å². The molecule has 1 saturated heterocycles. The molecule has 0 aliphatic carbocycles. The maximum atomic E-state index is 13.3. The van der Waals surface area contributed by atoms with Gasteiger partial charge in [-0.15, -0.1) is 11.3 Å². The average Bonchev–Trinajstić information content (AvgIpc) is 2.98. The Morgan fingerprint density at radius 3 is 2.72 bits per heavy atom. The fourth-order valence-corrected chi connectivity index (χ4v) is 4.02. The van der Waals surface area contributed by atoms with E-state index in [2.05, 4.69) is 10.6 Å². The second-order valence-corrected chi connectivity index (χ2v) is 6.99. The van der Waals surface area contributed by atoms with E-state index < -0.39 is 18.8 Å². The highest BCUT2D eigenvalue weighted by molar-refractivity contribution is 7.17. The Bertz CT molecular complexity index is 725. The number of halogens is 3. The van der Waals surface area contributed by atoms with Crippen molar-refractivity contribution < 1.29 is 18.0 Å². The summed E-state index contributed by atoms with van der Waals surface area (Å²) in [7, 11) is 0. The lowest BCUT2D eigenvalue weighted by Crippen LogP contribution is -2.57. The summed E-state index contributed by atoms with van der Waals surface area (Å²) in [5.41, 5.74) is 0.851. The molecule has 1 aromatic heterocycles. The Kier molecular flexibility index (Phi) is 5.61. The van der Waals surface area contributed by atoms with Crippen LogP contribution in [0.5, 0.6) is 0 Å². The number of amides is 1. The van der Waals surface area contributed by atoms with Gasteiger partial charge in [0, 0.05) is 37.4 Å². The zero-order valence-electron chi connectivity index (χ0n) is 13.6. The van der Waals surface area contributed by atoms with Gasteiger partial charge in [-0.05, 0) is 22.4 Å². The predicted molar refractivity (Wildman–Crippen MR) is 92.8 cm³/mol. The van der Waals surface area contributed by atoms with Crippen molar-refractivity contribution in [2.24, 2.45) is 0 Å². The number of piperazine rings is 1. The van der Waals surface area contributed by atoms with E-state index in [1.807, 2.05) is 29.6 Å². The lowest BCUT2D eigenvalue weighted by atomic mass is 10.1. The summed E-state index contributed by atoms with van der Waals surface area (Å²) in [6, 6.07) is 6.06. The topological polar surface area (TPSA) is 44.4 Å². The highest BCUT2D eigenvalue weighted by atomic mass is 32.1. The number of carbonyl (C=O) groups is 1. The van der Waals surface area contributed by atoms with Gasteiger partial charge in [0.05, 0.1) is 6.42 Å². The Morgan fingerprint density at radius 1 is 1.28 bits per heavy atom. The number of fused-ring (bicyclic) bond motifs is 1. The number of thiophene rings is 1. The number of hydrogen-bond acceptors (Lipinski definition) is 4. The van der Waals surface area contributed by atoms with Crippen LogP contribution in [0.2, 0.25) is 0 Å². The van der Waals surface area contributed by atoms with E-state index in [9.17, 15) is 18.0 Å². The second kappa shape index (κ2) is 7.72. The number of rotatable bonds is 5. The number of alkyl halides is 3. The highest BCUT2D eigenvalue weighted by Gasteiger charge is 2.43. The summed E-state index contributed by atoms with van der Waals surface area (Å²) in [6.45, 7) is 1.30. The molecule has 1 unspecified atom stereocenters. The van der Waals surface area contributed by atoms with Crippen LogP contribution in [0.25, 0.3) is 10.1 Å². The lowest BCUT2D eigenvalue weighted by molar-refractivity contribution is -0.184. The van der Waals surface area contributed by atoms with E-state index in [0.29, 0.717) is 26.2 Å². The average molecular weight is 371 g/mol. The Morgan fingerprint density at radius 2 is 2.00 bits per heavy atom. The van der Waals surface area contributed by atoms with Crippen LogP contribution in [0.3, 0.4) is 0 Å². The molecule has 1 atom stereocenters. The minimum Gasteiger partial charge on any atom is -0.354 e. The first-order chi connectivity index (χ1) is 11.9. The summed E-state index contributed by atoms with van der Waals surface area (Å²) >= 11 is 1.53. The Labute approximate surface area is 148 Å². The van der Waals surface area contributed by atoms with Gasteiger partial charge in [0.1, 0.15) is 6.04 Å². The monoisotopic (exact) mass is 371 g/mol. The molecule has 1 aliphatic heterocycles. The first-order valence-corrected chi connectivity index (χ1v) is 9.06. The molecule has 136 valence electrons. The summed E-state index contributed by atoms with van der Waals surface area (Å²) in [5.74, 6) is -0.382. The molecule has 0 saturated carbocycles. The molecule has 4 nitrogen and oxygen atoms in total. The maximum Gasteiger partial charge on any atom is 0.405 e. The van der Waals surface area contributed by atoms with Crippen molar-refractivity contribution in [2.75, 3.05) is 32.7 Å². The molecule has 1 fully saturated rings. The number of hydrogen-bond donors (Lipinski definition) is 2. The Balaban J connectivity index is 1.61. The van der Waals surface area contributed by atoms with Gasteiger partial charge < -0.3 is 10.6 Å². The number of nitrogens with one attached hydrogen (secondary N) is 2. The van der Waals surface area contributed by atoms with Crippen molar-refractivity contribution in [1.82, 2.24) is 15.5 Å². The summed E-state index contributed by atoms with van der Waals surface area (Å²) < 4.78 is 41.1. The molecule has 1 aliphatic rings. The molecule has 2 N–H and O–H groups in total. The zero-order valence-corrected chi connectivity index (χ0v) is 14.4. The quantitative estimate of drug-likeness (QED) is 0.848. The molecule has 0 radical (unpaired) electrons. The Hall–Kier alpha value is -1.64. The first-order valence-electron chi connectivity index (χ1n) is 8.18. The van der Waals surface area contributed by atoms with Crippen LogP contribution in [-0.2, 0) is 11.2 Å². The van der Waals surface area contributed by atoms with Crippen molar-refractivity contribution in [3.8, 4) is 0 Å². The van der Waals surface area contributed by atoms with Crippen LogP contribution in [0, 0.1) is 0 Å². The molecule has 0 bridgehead atoms. The summed E-state index contributed by atoms with van der Waals surface area (Å²) in [5, 5.41) is 8.38. The summed E-state index contributed by atoms with van der Waals surface area (Å²) in [6.07, 6.45) is -4.27. The van der Waals surface area contributed by atoms with E-state index in [1.165, 1.54) is 16.2 Å². The van der Waals surface area contributed by atoms with Crippen molar-refractivity contribution in [1.29, 1.82) is 0 Å². The van der Waals surface area contributed by atoms with E-state index in [0.717, 1.165) is 15.6 Å². The zero-order chi connectivity index (χ0) is 17.9. The van der Waals surface area contributed by atoms with Gasteiger partial charge in [0.2, 0.25) is 5.91 Å². The standard InChI is InChI=1S/C17H20F3N3OS/c18-17(19,20)15(23-7-5-21-6-8-23)10-22-16(24)9-12-11-25-14-4-2-1-3-13(12)14/h1-4,11,15,21H,5-10H2,(H,22,24). The predicted octanol–water partition coefficient (Wildman–Crippen LogP) is 2.40. The van der Waals surface area contributed by atoms with Crippen molar-refractivity contribution >= 4 is 27.3 Å². The fourth-order valence-electron chi connectivity index (χ4n) is 3.06. The third-order valence-electron chi connectivity index (χ3n) is 4.37. The maximum absolute atomic E-state index is 13.3. The van der Waals surface area contributed by atoms with Gasteiger partial charge >= 0.3 is 6.18 Å². The lowest BCUT2D eigenvalue weighted by Gasteiger charge is -2.35. The minimum atomic E-state index is -4.36. The van der Waals surface area contributed by atoms with Crippen LogP contribution in [-0.4, -0.2) is 55.7 Å². The number of carbonyl (C=O) groups excluding carboxylic acids is 1. The van der Waals surface area contributed by atoms with Crippen LogP contribution >= 0.6 is 11.3 Å². The second-order valence-electron chi connectivity index (χ2n) is 6.08. The van der Waals surface area contributed by atoms with Crippen molar-refractivity contribution in [2.45, 2.75) is 18.6 Å². The fraction of sp³-hybridized carbons (Fsp3) is 0.471. The SMILES string of the molecule is O=C(Cc1csc2ccccc12)NCC(N1CCNCC1)C(F)(F)F. The minimum absolute atomic E-state index is 0.0934. The summed E-state index contributed by atoms with van der Waals surface area (Å²) in [4.78, 5) is 13.5. The molecule has 1 aromatic carbocycles. The van der Waals surface area contributed by atoms with E-state index in [-0.39, 0.29) is 12.3 Å². The van der Waals surface area contributed by atoms with E-state index >= 15 is 0 Å². The van der Waals surface area contributed by atoms with Crippen LogP contribution in [0.4, 0.5) is 13.2 Å². The molecule has 2 heterocycles. The molecule has 3 rings (SSSR count). The van der Waals surface area contributed by atoms with E-state index in [4.69, 9.17) is 0 Å². The molecule has 1 amide bonds. The first kappa shape index (κ1) is 18.2. The smallest absolute Gasteiger partial charge is 0.354 e. The molecular weight excluding hydrogens is 351 g/mol. The third-order valence-corrected chi connectivity index (χ3v) is 5.39. The van der Waals surface area contributed by atoms with Crippen LogP contribution < -0.4 is 10.6 Å². The molecule has 2 aromatic rings. The van der Waals surface area contributed by atoms with E-state index in [1.54, 1.807) is 0 Å². The molecule has 8 heteroatoms. The van der Waals surface area contributed by atoms with Gasteiger partial charge in [0.15, 0.2) is 0 Å². The van der Waals surface area contributed by atoms with Crippen LogP contribution in [0.15, 0.2) is 29.6 Å². The van der Waals surface area contributed by atoms with Crippen molar-refractivity contribution in [3.05, 3.63) is 35.2 Å². The largest absolute Gasteiger partial charge is 0.405 e. The van der Waals surface area contributed by atoms with Gasteiger partial charge in [-0.1, -0.05) is 18.2 Å². The number of nitrogens with zero attached hydrogens (tertiary/aromatic N) is 1. The van der Waals surface area contributed by atoms with Gasteiger partial charge in [-0.25, -0.2) is 0 Å². The van der Waals surface area contributed by atoms with Gasteiger partial charge in [-0.2, -0.15) is 13.2 Å². The normalized spacial score (nSPS) is 17.6. The highest BCUT2D eigenvalue weighted by Crippen LogP contribution is 2.27. The van der Waals surface area contributed by atoms with Gasteiger partial charge in [0.25, 0.3) is 0 Å². The molecule has 0 spiro atoms. The number of benzene rings is 1. The molecule has 25 heavy (non-hydrogen) atoms.